The summed E-state index contributed by atoms with van der Waals surface area (Å²) in [6.45, 7) is 6.20. The van der Waals surface area contributed by atoms with Gasteiger partial charge in [-0.25, -0.2) is 0 Å². The highest BCUT2D eigenvalue weighted by Gasteiger charge is 2.12. The second-order valence-electron chi connectivity index (χ2n) is 4.73. The summed E-state index contributed by atoms with van der Waals surface area (Å²) in [6, 6.07) is 12.0. The van der Waals surface area contributed by atoms with Crippen LogP contribution < -0.4 is 10.6 Å². The average molecular weight is 290 g/mol. The molecule has 0 atom stereocenters. The van der Waals surface area contributed by atoms with Crippen molar-refractivity contribution in [2.45, 2.75) is 26.9 Å². The van der Waals surface area contributed by atoms with Crippen molar-refractivity contribution in [3.05, 3.63) is 58.4 Å². The van der Waals surface area contributed by atoms with Crippen molar-refractivity contribution in [3.63, 3.8) is 0 Å². The van der Waals surface area contributed by atoms with Crippen molar-refractivity contribution in [1.29, 1.82) is 0 Å². The van der Waals surface area contributed by atoms with E-state index in [1.807, 2.05) is 37.3 Å². The number of benzene rings is 1. The fourth-order valence-electron chi connectivity index (χ4n) is 2.30. The van der Waals surface area contributed by atoms with Crippen molar-refractivity contribution in [2.75, 3.05) is 11.4 Å². The molecule has 106 valence electrons. The van der Waals surface area contributed by atoms with Gasteiger partial charge in [-0.15, -0.1) is 0 Å². The first-order valence-corrected chi connectivity index (χ1v) is 7.18. The van der Waals surface area contributed by atoms with Crippen molar-refractivity contribution in [2.24, 2.45) is 5.73 Å². The zero-order chi connectivity index (χ0) is 14.5. The summed E-state index contributed by atoms with van der Waals surface area (Å²) in [5, 5.41) is 0.723. The predicted molar refractivity (Wildman–Crippen MR) is 85.0 cm³/mol. The molecule has 1 aromatic carbocycles. The molecule has 0 spiro atoms. The van der Waals surface area contributed by atoms with E-state index in [0.717, 1.165) is 40.8 Å². The molecule has 0 unspecified atom stereocenters. The average Bonchev–Trinajstić information content (AvgIpc) is 2.44. The molecule has 0 aliphatic heterocycles. The normalized spacial score (nSPS) is 10.6. The van der Waals surface area contributed by atoms with E-state index in [2.05, 4.69) is 22.9 Å². The summed E-state index contributed by atoms with van der Waals surface area (Å²) >= 11 is 6.24. The molecule has 0 saturated heterocycles. The summed E-state index contributed by atoms with van der Waals surface area (Å²) in [7, 11) is 0. The molecule has 20 heavy (non-hydrogen) atoms. The summed E-state index contributed by atoms with van der Waals surface area (Å²) in [4.78, 5) is 6.80. The smallest absolute Gasteiger partial charge is 0.0602 e. The SMILES string of the molecule is CCN(Cc1cccc(C)n1)c1cccc(Cl)c1CN. The number of aryl methyl sites for hydroxylation is 1. The number of rotatable bonds is 5. The Morgan fingerprint density at radius 1 is 1.20 bits per heavy atom. The van der Waals surface area contributed by atoms with Gasteiger partial charge in [-0.2, -0.15) is 0 Å². The Hall–Kier alpha value is -1.58. The Morgan fingerprint density at radius 3 is 2.60 bits per heavy atom. The Kier molecular flexibility index (Phi) is 4.99. The maximum absolute atomic E-state index is 6.24. The quantitative estimate of drug-likeness (QED) is 0.915. The maximum atomic E-state index is 6.24. The third kappa shape index (κ3) is 3.30. The molecule has 2 N–H and O–H groups in total. The molecule has 0 fully saturated rings. The van der Waals surface area contributed by atoms with E-state index in [1.165, 1.54) is 0 Å². The highest BCUT2D eigenvalue weighted by atomic mass is 35.5. The number of anilines is 1. The van der Waals surface area contributed by atoms with Crippen LogP contribution in [0.3, 0.4) is 0 Å². The lowest BCUT2D eigenvalue weighted by Gasteiger charge is -2.25. The third-order valence-electron chi connectivity index (χ3n) is 3.32. The van der Waals surface area contributed by atoms with E-state index in [-0.39, 0.29) is 0 Å². The molecule has 0 aliphatic carbocycles. The van der Waals surface area contributed by atoms with Crippen molar-refractivity contribution in [1.82, 2.24) is 4.98 Å². The molecule has 1 heterocycles. The summed E-state index contributed by atoms with van der Waals surface area (Å²) in [6.07, 6.45) is 0. The monoisotopic (exact) mass is 289 g/mol. The van der Waals surface area contributed by atoms with Crippen LogP contribution in [0.15, 0.2) is 36.4 Å². The molecule has 2 aromatic rings. The summed E-state index contributed by atoms with van der Waals surface area (Å²) in [5.74, 6) is 0. The van der Waals surface area contributed by atoms with E-state index in [9.17, 15) is 0 Å². The Labute approximate surface area is 125 Å². The molecule has 0 radical (unpaired) electrons. The molecule has 3 nitrogen and oxygen atoms in total. The van der Waals surface area contributed by atoms with Crippen LogP contribution >= 0.6 is 11.6 Å². The van der Waals surface area contributed by atoms with E-state index in [0.29, 0.717) is 6.54 Å². The Morgan fingerprint density at radius 2 is 1.95 bits per heavy atom. The molecule has 1 aromatic heterocycles. The van der Waals surface area contributed by atoms with E-state index < -0.39 is 0 Å². The fourth-order valence-corrected chi connectivity index (χ4v) is 2.54. The van der Waals surface area contributed by atoms with Gasteiger partial charge >= 0.3 is 0 Å². The highest BCUT2D eigenvalue weighted by Crippen LogP contribution is 2.28. The van der Waals surface area contributed by atoms with Crippen LogP contribution in [-0.4, -0.2) is 11.5 Å². The lowest BCUT2D eigenvalue weighted by Crippen LogP contribution is -2.24. The van der Waals surface area contributed by atoms with Gasteiger partial charge in [0.15, 0.2) is 0 Å². The van der Waals surface area contributed by atoms with E-state index in [1.54, 1.807) is 0 Å². The molecular weight excluding hydrogens is 270 g/mol. The van der Waals surface area contributed by atoms with Gasteiger partial charge in [0.1, 0.15) is 0 Å². The van der Waals surface area contributed by atoms with Crippen molar-refractivity contribution >= 4 is 17.3 Å². The molecule has 0 bridgehead atoms. The molecule has 0 amide bonds. The van der Waals surface area contributed by atoms with Crippen LogP contribution in [0.5, 0.6) is 0 Å². The number of nitrogens with two attached hydrogens (primary N) is 1. The summed E-state index contributed by atoms with van der Waals surface area (Å²) < 4.78 is 0. The molecule has 0 saturated carbocycles. The van der Waals surface area contributed by atoms with Crippen LogP contribution in [0.4, 0.5) is 5.69 Å². The zero-order valence-electron chi connectivity index (χ0n) is 11.9. The van der Waals surface area contributed by atoms with Crippen LogP contribution in [0.25, 0.3) is 0 Å². The lowest BCUT2D eigenvalue weighted by molar-refractivity contribution is 0.798. The van der Waals surface area contributed by atoms with Gasteiger partial charge in [0.05, 0.1) is 12.2 Å². The minimum atomic E-state index is 0.437. The standard InChI is InChI=1S/C16H20ClN3/c1-3-20(11-13-7-4-6-12(2)19-13)16-9-5-8-15(17)14(16)10-18/h4-9H,3,10-11,18H2,1-2H3. The van der Waals surface area contributed by atoms with Gasteiger partial charge in [-0.3, -0.25) is 4.98 Å². The fraction of sp³-hybridized carbons (Fsp3) is 0.312. The van der Waals surface area contributed by atoms with Crippen LogP contribution in [0.1, 0.15) is 23.9 Å². The number of pyridine rings is 1. The molecule has 4 heteroatoms. The minimum absolute atomic E-state index is 0.437. The van der Waals surface area contributed by atoms with Crippen molar-refractivity contribution < 1.29 is 0 Å². The predicted octanol–water partition coefficient (Wildman–Crippen LogP) is 3.53. The number of nitrogens with zero attached hydrogens (tertiary/aromatic N) is 2. The zero-order valence-corrected chi connectivity index (χ0v) is 12.7. The second-order valence-corrected chi connectivity index (χ2v) is 5.13. The van der Waals surface area contributed by atoms with Gasteiger partial charge < -0.3 is 10.6 Å². The van der Waals surface area contributed by atoms with Crippen molar-refractivity contribution in [3.8, 4) is 0 Å². The first-order valence-electron chi connectivity index (χ1n) is 6.80. The molecular formula is C16H20ClN3. The highest BCUT2D eigenvalue weighted by molar-refractivity contribution is 6.31. The number of hydrogen-bond acceptors (Lipinski definition) is 3. The maximum Gasteiger partial charge on any atom is 0.0602 e. The largest absolute Gasteiger partial charge is 0.366 e. The first-order chi connectivity index (χ1) is 9.65. The van der Waals surface area contributed by atoms with Gasteiger partial charge in [0, 0.05) is 35.1 Å². The van der Waals surface area contributed by atoms with E-state index >= 15 is 0 Å². The van der Waals surface area contributed by atoms with Crippen LogP contribution in [0, 0.1) is 6.92 Å². The Balaban J connectivity index is 2.31. The summed E-state index contributed by atoms with van der Waals surface area (Å²) in [5.41, 5.74) is 9.99. The number of halogens is 1. The number of hydrogen-bond donors (Lipinski definition) is 1. The van der Waals surface area contributed by atoms with Crippen LogP contribution in [0.2, 0.25) is 5.02 Å². The first kappa shape index (κ1) is 14.8. The van der Waals surface area contributed by atoms with Gasteiger partial charge in [0.25, 0.3) is 0 Å². The lowest BCUT2D eigenvalue weighted by atomic mass is 10.1. The minimum Gasteiger partial charge on any atom is -0.366 e. The third-order valence-corrected chi connectivity index (χ3v) is 3.67. The van der Waals surface area contributed by atoms with Crippen LogP contribution in [-0.2, 0) is 13.1 Å². The van der Waals surface area contributed by atoms with Gasteiger partial charge in [-0.1, -0.05) is 23.7 Å². The molecule has 2 rings (SSSR count). The second kappa shape index (κ2) is 6.73. The van der Waals surface area contributed by atoms with Gasteiger partial charge in [0.2, 0.25) is 0 Å². The molecule has 0 aliphatic rings. The Bertz CT molecular complexity index is 584. The topological polar surface area (TPSA) is 42.2 Å². The van der Waals surface area contributed by atoms with Gasteiger partial charge in [-0.05, 0) is 38.1 Å². The van der Waals surface area contributed by atoms with E-state index in [4.69, 9.17) is 17.3 Å². The number of aromatic nitrogens is 1.